The Morgan fingerprint density at radius 3 is 1.00 bits per heavy atom. The van der Waals surface area contributed by atoms with Gasteiger partial charge < -0.3 is 0 Å². The van der Waals surface area contributed by atoms with Crippen LogP contribution in [0.15, 0.2) is 0 Å². The van der Waals surface area contributed by atoms with Gasteiger partial charge in [0.05, 0.1) is 0 Å². The first-order valence-corrected chi connectivity index (χ1v) is 0. The van der Waals surface area contributed by atoms with E-state index in [2.05, 4.69) is 0 Å². The van der Waals surface area contributed by atoms with Crippen molar-refractivity contribution in [2.24, 2.45) is 0 Å². The van der Waals surface area contributed by atoms with E-state index < -0.39 is 0 Å². The van der Waals surface area contributed by atoms with Gasteiger partial charge in [-0.25, -0.2) is 0 Å². The normalized spacial score (nSPS) is 0. The van der Waals surface area contributed by atoms with E-state index in [4.69, 9.17) is 0 Å². The molecule has 0 amide bonds. The van der Waals surface area contributed by atoms with Crippen LogP contribution in [0.25, 0.3) is 0 Å². The van der Waals surface area contributed by atoms with E-state index in [9.17, 15) is 0 Å². The summed E-state index contributed by atoms with van der Waals surface area (Å²) >= 11 is 0. The van der Waals surface area contributed by atoms with Crippen molar-refractivity contribution in [2.45, 2.75) is 0 Å². The Bertz CT molecular complexity index is 11.6. The molecule has 0 aromatic rings. The minimum atomic E-state index is 0. The van der Waals surface area contributed by atoms with Crippen molar-refractivity contribution in [1.29, 1.82) is 0 Å². The minimum Gasteiger partial charge on any atom is 0 e. The van der Waals surface area contributed by atoms with Crippen LogP contribution in [0.5, 0.6) is 0 Å². The molecule has 0 aliphatic rings. The maximum atomic E-state index is 0. The maximum absolute atomic E-state index is 0. The molecule has 0 saturated heterocycles. The summed E-state index contributed by atoms with van der Waals surface area (Å²) in [5, 5.41) is 0. The van der Waals surface area contributed by atoms with Crippen LogP contribution in [-0.2, 0) is 38.0 Å². The molecule has 0 nitrogen and oxygen atoms in total. The number of hydrogen-bond donors (Lipinski definition) is 0. The number of hydrogen-bond acceptors (Lipinski definition) is 0. The van der Waals surface area contributed by atoms with Gasteiger partial charge in [-0.3, -0.25) is 0 Å². The van der Waals surface area contributed by atoms with Gasteiger partial charge in [0.2, 0.25) is 0 Å². The quantitative estimate of drug-likeness (QED) is 0.371. The first kappa shape index (κ1) is 65.8. The first-order chi connectivity index (χ1) is 0. The Morgan fingerprint density at radius 2 is 1.00 bits per heavy atom. The van der Waals surface area contributed by atoms with E-state index in [1.807, 2.05) is 0 Å². The predicted octanol–water partition coefficient (Wildman–Crippen LogP) is 0.0946. The minimum absolute atomic E-state index is 0. The van der Waals surface area contributed by atoms with Crippen LogP contribution in [0.2, 0.25) is 0 Å². The second-order valence-corrected chi connectivity index (χ2v) is 0. The van der Waals surface area contributed by atoms with Gasteiger partial charge in [-0.2, -0.15) is 0 Å². The molecule has 0 aliphatic carbocycles. The molecule has 0 spiro atoms. The van der Waals surface area contributed by atoms with Crippen LogP contribution in [0, 0.1) is 0 Å². The summed E-state index contributed by atoms with van der Waals surface area (Å²) in [6, 6.07) is 0. The summed E-state index contributed by atoms with van der Waals surface area (Å²) in [6.07, 6.45) is 0. The third-order valence-corrected chi connectivity index (χ3v) is 0. The SMILES string of the molecule is [B].[P].[Si].[V].[Zn]. The van der Waals surface area contributed by atoms with Gasteiger partial charge in [0.1, 0.15) is 0 Å². The van der Waals surface area contributed by atoms with E-state index in [1.165, 1.54) is 0 Å². The zero-order chi connectivity index (χ0) is 0. The second-order valence-electron chi connectivity index (χ2n) is 0. The Morgan fingerprint density at radius 1 is 1.00 bits per heavy atom. The molecule has 0 bridgehead atoms. The zero-order valence-corrected chi connectivity index (χ0v) is 8.94. The van der Waals surface area contributed by atoms with Crippen molar-refractivity contribution in [1.82, 2.24) is 0 Å². The van der Waals surface area contributed by atoms with Crippen LogP contribution in [0.3, 0.4) is 0 Å². The smallest absolute Gasteiger partial charge is 0 e. The third-order valence-electron chi connectivity index (χ3n) is 0. The molecule has 5 heteroatoms. The van der Waals surface area contributed by atoms with Crippen molar-refractivity contribution in [3.63, 3.8) is 0 Å². The van der Waals surface area contributed by atoms with E-state index >= 15 is 0 Å². The average Bonchev–Trinajstić information content (AvgIpc) is 0. The van der Waals surface area contributed by atoms with Gasteiger partial charge in [-0.15, -0.1) is 0 Å². The summed E-state index contributed by atoms with van der Waals surface area (Å²) < 4.78 is 0. The van der Waals surface area contributed by atoms with Gasteiger partial charge in [0.25, 0.3) is 0 Å². The largest absolute Gasteiger partial charge is 0 e. The molecule has 0 unspecified atom stereocenters. The Balaban J connectivity index is 0. The molecule has 0 aromatic carbocycles. The zero-order valence-electron chi connectivity index (χ0n) is 2.68. The van der Waals surface area contributed by atoms with Crippen LogP contribution in [0.1, 0.15) is 0 Å². The van der Waals surface area contributed by atoms with Crippen LogP contribution in [0.4, 0.5) is 0 Å². The maximum Gasteiger partial charge on any atom is 0 e. The molecule has 0 heterocycles. The number of rotatable bonds is 0. The van der Waals surface area contributed by atoms with Gasteiger partial charge >= 0.3 is 0 Å². The Hall–Kier alpha value is 1.92. The first-order valence-electron chi connectivity index (χ1n) is 0. The van der Waals surface area contributed by atoms with Crippen molar-refractivity contribution in [3.8, 4) is 0 Å². The molecule has 0 N–H and O–H groups in total. The fourth-order valence-corrected chi connectivity index (χ4v) is 0. The Labute approximate surface area is 67.1 Å². The van der Waals surface area contributed by atoms with E-state index in [0.717, 1.165) is 0 Å². The summed E-state index contributed by atoms with van der Waals surface area (Å²) in [4.78, 5) is 0. The van der Waals surface area contributed by atoms with Crippen molar-refractivity contribution >= 4 is 29.3 Å². The van der Waals surface area contributed by atoms with Crippen LogP contribution < -0.4 is 0 Å². The molecule has 0 aliphatic heterocycles. The molecule has 0 aromatic heterocycles. The predicted molar refractivity (Wildman–Crippen MR) is 18.4 cm³/mol. The van der Waals surface area contributed by atoms with Crippen molar-refractivity contribution < 1.29 is 38.0 Å². The molecule has 11 radical (unpaired) electrons. The summed E-state index contributed by atoms with van der Waals surface area (Å²) in [6.45, 7) is 0. The molecule has 0 atom stereocenters. The van der Waals surface area contributed by atoms with Gasteiger partial charge in [-0.05, 0) is 0 Å². The van der Waals surface area contributed by atoms with E-state index in [1.54, 1.807) is 0 Å². The van der Waals surface area contributed by atoms with E-state index in [-0.39, 0.29) is 67.3 Å². The topological polar surface area (TPSA) is 0 Å². The molecule has 19 valence electrons. The molecule has 0 saturated carbocycles. The summed E-state index contributed by atoms with van der Waals surface area (Å²) in [7, 11) is 0. The molecule has 5 heavy (non-hydrogen) atoms. The fourth-order valence-electron chi connectivity index (χ4n) is 0. The van der Waals surface area contributed by atoms with Gasteiger partial charge in [0.15, 0.2) is 0 Å². The monoisotopic (exact) mass is 185 g/mol. The second kappa shape index (κ2) is 38.9. The standard InChI is InChI=1S/B.P.Si.V.Zn. The molecule has 0 fully saturated rings. The molecular weight excluding hydrogens is 186 g/mol. The van der Waals surface area contributed by atoms with Gasteiger partial charge in [-0.1, -0.05) is 0 Å². The van der Waals surface area contributed by atoms with Crippen LogP contribution >= 0.6 is 9.90 Å². The third kappa shape index (κ3) is 24.7. The van der Waals surface area contributed by atoms with Crippen molar-refractivity contribution in [2.75, 3.05) is 0 Å². The fraction of sp³-hybridized carbons (Fsp3) is 0. The van der Waals surface area contributed by atoms with E-state index in [0.29, 0.717) is 0 Å². The molecular formula is BPSiVZn. The summed E-state index contributed by atoms with van der Waals surface area (Å²) in [5.41, 5.74) is 0. The van der Waals surface area contributed by atoms with Gasteiger partial charge in [0, 0.05) is 67.3 Å². The summed E-state index contributed by atoms with van der Waals surface area (Å²) in [5.74, 6) is 0. The van der Waals surface area contributed by atoms with Crippen molar-refractivity contribution in [3.05, 3.63) is 0 Å². The van der Waals surface area contributed by atoms with Crippen LogP contribution in [-0.4, -0.2) is 19.4 Å². The molecule has 0 rings (SSSR count). The Kier molecular flexibility index (Phi) is 512. The average molecular weight is 186 g/mol.